The van der Waals surface area contributed by atoms with Crippen LogP contribution in [0, 0.1) is 5.41 Å². The largest absolute Gasteiger partial charge is 0.388 e. The summed E-state index contributed by atoms with van der Waals surface area (Å²) in [6.07, 6.45) is -0.450. The van der Waals surface area contributed by atoms with Gasteiger partial charge in [-0.05, 0) is 22.4 Å². The summed E-state index contributed by atoms with van der Waals surface area (Å²) in [5, 5.41) is 13.8. The van der Waals surface area contributed by atoms with Crippen LogP contribution in [0.1, 0.15) is 25.5 Å². The molecule has 0 fully saturated rings. The number of nitrogens with two attached hydrogens (primary N) is 1. The van der Waals surface area contributed by atoms with Crippen LogP contribution in [-0.2, 0) is 0 Å². The van der Waals surface area contributed by atoms with Crippen LogP contribution in [0.15, 0.2) is 16.8 Å². The predicted octanol–water partition coefficient (Wildman–Crippen LogP) is 1.77. The van der Waals surface area contributed by atoms with Crippen molar-refractivity contribution in [2.24, 2.45) is 11.1 Å². The fourth-order valence-electron chi connectivity index (χ4n) is 0.993. The average molecular weight is 185 g/mol. The van der Waals surface area contributed by atoms with Crippen molar-refractivity contribution in [1.82, 2.24) is 0 Å². The van der Waals surface area contributed by atoms with Gasteiger partial charge in [-0.3, -0.25) is 0 Å². The van der Waals surface area contributed by atoms with Gasteiger partial charge in [0.1, 0.15) is 0 Å². The van der Waals surface area contributed by atoms with E-state index in [9.17, 15) is 5.11 Å². The highest BCUT2D eigenvalue weighted by atomic mass is 32.1. The van der Waals surface area contributed by atoms with Gasteiger partial charge in [0, 0.05) is 12.0 Å². The Morgan fingerprint density at radius 3 is 2.75 bits per heavy atom. The Hall–Kier alpha value is -0.380. The average Bonchev–Trinajstić information content (AvgIpc) is 2.55. The summed E-state index contributed by atoms with van der Waals surface area (Å²) in [6.45, 7) is 4.43. The van der Waals surface area contributed by atoms with E-state index in [1.807, 2.05) is 30.7 Å². The number of aliphatic hydroxyl groups excluding tert-OH is 1. The first-order valence-electron chi connectivity index (χ1n) is 3.98. The van der Waals surface area contributed by atoms with Crippen LogP contribution in [0.5, 0.6) is 0 Å². The van der Waals surface area contributed by atoms with Crippen LogP contribution in [-0.4, -0.2) is 11.7 Å². The molecule has 0 saturated heterocycles. The van der Waals surface area contributed by atoms with Gasteiger partial charge in [0.05, 0.1) is 6.10 Å². The van der Waals surface area contributed by atoms with Gasteiger partial charge in [-0.15, -0.1) is 0 Å². The summed E-state index contributed by atoms with van der Waals surface area (Å²) < 4.78 is 0. The fraction of sp³-hybridized carbons (Fsp3) is 0.556. The predicted molar refractivity (Wildman–Crippen MR) is 52.1 cm³/mol. The van der Waals surface area contributed by atoms with Crippen LogP contribution < -0.4 is 5.73 Å². The zero-order valence-electron chi connectivity index (χ0n) is 7.45. The van der Waals surface area contributed by atoms with Gasteiger partial charge in [-0.1, -0.05) is 13.8 Å². The lowest BCUT2D eigenvalue weighted by atomic mass is 9.84. The fourth-order valence-corrected chi connectivity index (χ4v) is 1.67. The monoisotopic (exact) mass is 185 g/mol. The van der Waals surface area contributed by atoms with E-state index in [0.29, 0.717) is 6.54 Å². The van der Waals surface area contributed by atoms with Crippen LogP contribution in [0.4, 0.5) is 0 Å². The minimum atomic E-state index is -0.450. The van der Waals surface area contributed by atoms with Crippen molar-refractivity contribution in [2.45, 2.75) is 20.0 Å². The lowest BCUT2D eigenvalue weighted by Crippen LogP contribution is -2.30. The summed E-state index contributed by atoms with van der Waals surface area (Å²) in [7, 11) is 0. The van der Waals surface area contributed by atoms with E-state index in [4.69, 9.17) is 5.73 Å². The second-order valence-corrected chi connectivity index (χ2v) is 4.43. The van der Waals surface area contributed by atoms with Crippen LogP contribution in [0.3, 0.4) is 0 Å². The Bertz CT molecular complexity index is 231. The van der Waals surface area contributed by atoms with Gasteiger partial charge in [0.15, 0.2) is 0 Å². The van der Waals surface area contributed by atoms with E-state index in [2.05, 4.69) is 0 Å². The van der Waals surface area contributed by atoms with Crippen LogP contribution in [0.25, 0.3) is 0 Å². The van der Waals surface area contributed by atoms with Crippen molar-refractivity contribution in [3.63, 3.8) is 0 Å². The third-order valence-electron chi connectivity index (χ3n) is 2.13. The first-order valence-corrected chi connectivity index (χ1v) is 4.92. The van der Waals surface area contributed by atoms with Crippen LogP contribution in [0.2, 0.25) is 0 Å². The molecule has 0 bridgehead atoms. The maximum atomic E-state index is 9.86. The summed E-state index contributed by atoms with van der Waals surface area (Å²) in [5.74, 6) is 0. The van der Waals surface area contributed by atoms with Crippen molar-refractivity contribution in [1.29, 1.82) is 0 Å². The minimum Gasteiger partial charge on any atom is -0.388 e. The quantitative estimate of drug-likeness (QED) is 0.754. The summed E-state index contributed by atoms with van der Waals surface area (Å²) >= 11 is 1.59. The molecule has 0 aliphatic rings. The summed E-state index contributed by atoms with van der Waals surface area (Å²) in [5.41, 5.74) is 6.29. The van der Waals surface area contributed by atoms with E-state index < -0.39 is 6.10 Å². The minimum absolute atomic E-state index is 0.235. The van der Waals surface area contributed by atoms with Crippen LogP contribution >= 0.6 is 11.3 Å². The molecule has 0 amide bonds. The zero-order chi connectivity index (χ0) is 9.19. The Labute approximate surface area is 77.0 Å². The third-order valence-corrected chi connectivity index (χ3v) is 2.83. The molecule has 1 heterocycles. The molecule has 12 heavy (non-hydrogen) atoms. The highest BCUT2D eigenvalue weighted by Crippen LogP contribution is 2.32. The molecule has 1 rings (SSSR count). The Morgan fingerprint density at radius 2 is 2.33 bits per heavy atom. The number of hydrogen-bond donors (Lipinski definition) is 2. The highest BCUT2D eigenvalue weighted by Gasteiger charge is 2.27. The number of rotatable bonds is 3. The topological polar surface area (TPSA) is 46.2 Å². The molecular formula is C9H15NOS. The summed E-state index contributed by atoms with van der Waals surface area (Å²) in [6, 6.07) is 1.94. The lowest BCUT2D eigenvalue weighted by Gasteiger charge is -2.28. The molecule has 1 unspecified atom stereocenters. The number of aliphatic hydroxyl groups is 1. The standard InChI is InChI=1S/C9H15NOS/c1-9(2,6-10)8(11)7-3-4-12-5-7/h3-5,8,11H,6,10H2,1-2H3. The number of thiophene rings is 1. The molecule has 3 heteroatoms. The lowest BCUT2D eigenvalue weighted by molar-refractivity contribution is 0.0559. The highest BCUT2D eigenvalue weighted by molar-refractivity contribution is 7.07. The van der Waals surface area contributed by atoms with Crippen molar-refractivity contribution >= 4 is 11.3 Å². The van der Waals surface area contributed by atoms with Gasteiger partial charge in [0.2, 0.25) is 0 Å². The summed E-state index contributed by atoms with van der Waals surface area (Å²) in [4.78, 5) is 0. The van der Waals surface area contributed by atoms with Crippen molar-refractivity contribution < 1.29 is 5.11 Å². The van der Waals surface area contributed by atoms with Crippen molar-refractivity contribution in [3.8, 4) is 0 Å². The molecular weight excluding hydrogens is 170 g/mol. The molecule has 0 saturated carbocycles. The SMILES string of the molecule is CC(C)(CN)C(O)c1ccsc1. The van der Waals surface area contributed by atoms with Crippen molar-refractivity contribution in [2.75, 3.05) is 6.54 Å². The second kappa shape index (κ2) is 3.56. The molecule has 0 spiro atoms. The molecule has 0 radical (unpaired) electrons. The molecule has 0 aliphatic heterocycles. The van der Waals surface area contributed by atoms with Gasteiger partial charge >= 0.3 is 0 Å². The molecule has 0 aliphatic carbocycles. The van der Waals surface area contributed by atoms with E-state index in [1.165, 1.54) is 0 Å². The second-order valence-electron chi connectivity index (χ2n) is 3.65. The Balaban J connectivity index is 2.78. The molecule has 68 valence electrons. The Morgan fingerprint density at radius 1 is 1.67 bits per heavy atom. The van der Waals surface area contributed by atoms with E-state index in [1.54, 1.807) is 11.3 Å². The first kappa shape index (κ1) is 9.71. The smallest absolute Gasteiger partial charge is 0.0861 e. The molecule has 3 N–H and O–H groups in total. The van der Waals surface area contributed by atoms with Gasteiger partial charge < -0.3 is 10.8 Å². The van der Waals surface area contributed by atoms with Gasteiger partial charge in [-0.2, -0.15) is 11.3 Å². The van der Waals surface area contributed by atoms with Crippen molar-refractivity contribution in [3.05, 3.63) is 22.4 Å². The van der Waals surface area contributed by atoms with Gasteiger partial charge in [0.25, 0.3) is 0 Å². The van der Waals surface area contributed by atoms with Gasteiger partial charge in [-0.25, -0.2) is 0 Å². The van der Waals surface area contributed by atoms with E-state index in [-0.39, 0.29) is 5.41 Å². The third kappa shape index (κ3) is 1.86. The molecule has 0 aromatic carbocycles. The van der Waals surface area contributed by atoms with E-state index >= 15 is 0 Å². The van der Waals surface area contributed by atoms with E-state index in [0.717, 1.165) is 5.56 Å². The number of hydrogen-bond acceptors (Lipinski definition) is 3. The molecule has 2 nitrogen and oxygen atoms in total. The first-order chi connectivity index (χ1) is 5.58. The Kier molecular flexibility index (Phi) is 2.88. The maximum absolute atomic E-state index is 9.86. The normalized spacial score (nSPS) is 14.7. The molecule has 1 aromatic rings. The molecule has 1 aromatic heterocycles. The molecule has 1 atom stereocenters. The maximum Gasteiger partial charge on any atom is 0.0861 e. The zero-order valence-corrected chi connectivity index (χ0v) is 8.27.